The average Bonchev–Trinajstić information content (AvgIpc) is 1.75. The van der Waals surface area contributed by atoms with Gasteiger partial charge in [-0.15, -0.1) is 0 Å². The predicted octanol–water partition coefficient (Wildman–Crippen LogP) is 0.918. The summed E-state index contributed by atoms with van der Waals surface area (Å²) in [5.74, 6) is -0.884. The number of hydrogen-bond acceptors (Lipinski definition) is 3. The molecule has 1 aliphatic rings. The minimum atomic E-state index is -2.67. The van der Waals surface area contributed by atoms with Gasteiger partial charge in [0.25, 0.3) is 0 Å². The number of nitrogens with one attached hydrogen (secondary N) is 1. The standard InChI is InChI=1S/C7H13NO3S/c1-12(8,11)5-7(6(9)10)3-2-4-7/h8H,2-5H2,1H3,(H,9,10). The maximum atomic E-state index is 11.1. The summed E-state index contributed by atoms with van der Waals surface area (Å²) in [7, 11) is -2.67. The molecule has 0 amide bonds. The van der Waals surface area contributed by atoms with Gasteiger partial charge in [0, 0.05) is 21.7 Å². The van der Waals surface area contributed by atoms with E-state index >= 15 is 0 Å². The molecule has 70 valence electrons. The minimum Gasteiger partial charge on any atom is -0.481 e. The Morgan fingerprint density at radius 1 is 1.67 bits per heavy atom. The molecule has 0 bridgehead atoms. The van der Waals surface area contributed by atoms with Crippen molar-refractivity contribution < 1.29 is 14.1 Å². The number of carboxylic acids is 1. The highest BCUT2D eigenvalue weighted by molar-refractivity contribution is 7.91. The lowest BCUT2D eigenvalue weighted by molar-refractivity contribution is -0.152. The molecule has 0 aromatic rings. The van der Waals surface area contributed by atoms with Gasteiger partial charge < -0.3 is 5.11 Å². The van der Waals surface area contributed by atoms with Gasteiger partial charge in [0.2, 0.25) is 0 Å². The molecule has 0 saturated heterocycles. The van der Waals surface area contributed by atoms with Crippen molar-refractivity contribution in [2.45, 2.75) is 19.3 Å². The van der Waals surface area contributed by atoms with Crippen LogP contribution in [0, 0.1) is 10.2 Å². The quantitative estimate of drug-likeness (QED) is 0.696. The van der Waals surface area contributed by atoms with Crippen LogP contribution in [0.15, 0.2) is 0 Å². The molecule has 5 heteroatoms. The van der Waals surface area contributed by atoms with Gasteiger partial charge in [-0.3, -0.25) is 13.8 Å². The van der Waals surface area contributed by atoms with Crippen LogP contribution in [0.25, 0.3) is 0 Å². The number of carboxylic acid groups (broad SMARTS) is 1. The summed E-state index contributed by atoms with van der Waals surface area (Å²) in [6.07, 6.45) is 3.33. The third-order valence-corrected chi connectivity index (χ3v) is 3.42. The summed E-state index contributed by atoms with van der Waals surface area (Å²) >= 11 is 0. The van der Waals surface area contributed by atoms with E-state index in [0.717, 1.165) is 6.42 Å². The Morgan fingerprint density at radius 2 is 2.17 bits per heavy atom. The molecule has 0 spiro atoms. The van der Waals surface area contributed by atoms with E-state index in [9.17, 15) is 9.00 Å². The van der Waals surface area contributed by atoms with E-state index in [2.05, 4.69) is 0 Å². The minimum absolute atomic E-state index is 0.00926. The van der Waals surface area contributed by atoms with E-state index in [1.165, 1.54) is 6.26 Å². The highest BCUT2D eigenvalue weighted by Gasteiger charge is 2.45. The zero-order valence-corrected chi connectivity index (χ0v) is 7.82. The van der Waals surface area contributed by atoms with Crippen LogP contribution in [-0.2, 0) is 14.5 Å². The zero-order chi connectivity index (χ0) is 9.41. The van der Waals surface area contributed by atoms with Gasteiger partial charge in [0.05, 0.1) is 5.41 Å². The zero-order valence-electron chi connectivity index (χ0n) is 7.00. The van der Waals surface area contributed by atoms with Gasteiger partial charge in [0.15, 0.2) is 0 Å². The van der Waals surface area contributed by atoms with Crippen molar-refractivity contribution in [3.05, 3.63) is 0 Å². The molecule has 1 fully saturated rings. The van der Waals surface area contributed by atoms with Crippen molar-refractivity contribution in [2.24, 2.45) is 5.41 Å². The lowest BCUT2D eigenvalue weighted by Gasteiger charge is -2.37. The Balaban J connectivity index is 2.76. The fourth-order valence-corrected chi connectivity index (χ4v) is 3.02. The summed E-state index contributed by atoms with van der Waals surface area (Å²) in [6.45, 7) is 0. The SMILES string of the molecule is CS(=N)(=O)CC1(C(=O)O)CCC1. The molecule has 1 saturated carbocycles. The van der Waals surface area contributed by atoms with Crippen molar-refractivity contribution >= 4 is 15.7 Å². The van der Waals surface area contributed by atoms with Crippen LogP contribution in [0.3, 0.4) is 0 Å². The van der Waals surface area contributed by atoms with E-state index in [0.29, 0.717) is 12.8 Å². The topological polar surface area (TPSA) is 78.2 Å². The Labute approximate surface area is 71.9 Å². The van der Waals surface area contributed by atoms with E-state index in [1.54, 1.807) is 0 Å². The molecular weight excluding hydrogens is 178 g/mol. The lowest BCUT2D eigenvalue weighted by atomic mass is 9.70. The number of rotatable bonds is 3. The molecule has 4 nitrogen and oxygen atoms in total. The van der Waals surface area contributed by atoms with Gasteiger partial charge in [-0.2, -0.15) is 0 Å². The van der Waals surface area contributed by atoms with E-state index in [-0.39, 0.29) is 5.75 Å². The van der Waals surface area contributed by atoms with E-state index in [1.807, 2.05) is 0 Å². The molecule has 12 heavy (non-hydrogen) atoms. The smallest absolute Gasteiger partial charge is 0.310 e. The summed E-state index contributed by atoms with van der Waals surface area (Å²) in [5.41, 5.74) is -0.840. The highest BCUT2D eigenvalue weighted by Crippen LogP contribution is 2.42. The fourth-order valence-electron chi connectivity index (χ4n) is 1.55. The Kier molecular flexibility index (Phi) is 2.16. The van der Waals surface area contributed by atoms with Gasteiger partial charge in [-0.1, -0.05) is 6.42 Å². The first-order chi connectivity index (χ1) is 5.36. The van der Waals surface area contributed by atoms with Gasteiger partial charge >= 0.3 is 5.97 Å². The average molecular weight is 191 g/mol. The van der Waals surface area contributed by atoms with Crippen molar-refractivity contribution in [1.29, 1.82) is 4.78 Å². The van der Waals surface area contributed by atoms with Crippen molar-refractivity contribution in [3.8, 4) is 0 Å². The molecule has 1 unspecified atom stereocenters. The summed E-state index contributed by atoms with van der Waals surface area (Å²) in [6, 6.07) is 0. The molecule has 1 rings (SSSR count). The van der Waals surface area contributed by atoms with Crippen LogP contribution in [-0.4, -0.2) is 27.3 Å². The van der Waals surface area contributed by atoms with Gasteiger partial charge in [-0.25, -0.2) is 0 Å². The van der Waals surface area contributed by atoms with Crippen LogP contribution in [0.1, 0.15) is 19.3 Å². The second-order valence-corrected chi connectivity index (χ2v) is 5.89. The summed E-state index contributed by atoms with van der Waals surface area (Å²) < 4.78 is 18.3. The number of hydrogen-bond donors (Lipinski definition) is 2. The summed E-state index contributed by atoms with van der Waals surface area (Å²) in [5, 5.41) is 8.84. The fraction of sp³-hybridized carbons (Fsp3) is 0.857. The molecule has 0 radical (unpaired) electrons. The van der Waals surface area contributed by atoms with Crippen LogP contribution in [0.2, 0.25) is 0 Å². The van der Waals surface area contributed by atoms with Gasteiger partial charge in [-0.05, 0) is 12.8 Å². The number of carbonyl (C=O) groups is 1. The third-order valence-electron chi connectivity index (χ3n) is 2.32. The molecule has 1 aliphatic carbocycles. The molecule has 0 heterocycles. The van der Waals surface area contributed by atoms with Crippen molar-refractivity contribution in [2.75, 3.05) is 12.0 Å². The predicted molar refractivity (Wildman–Crippen MR) is 45.6 cm³/mol. The third kappa shape index (κ3) is 1.77. The number of aliphatic carboxylic acids is 1. The second kappa shape index (κ2) is 2.73. The molecule has 0 aromatic heterocycles. The van der Waals surface area contributed by atoms with Crippen molar-refractivity contribution in [1.82, 2.24) is 0 Å². The summed E-state index contributed by atoms with van der Waals surface area (Å²) in [4.78, 5) is 10.8. The maximum Gasteiger partial charge on any atom is 0.310 e. The van der Waals surface area contributed by atoms with Crippen LogP contribution in [0.5, 0.6) is 0 Å². The Morgan fingerprint density at radius 3 is 2.25 bits per heavy atom. The second-order valence-electron chi connectivity index (χ2n) is 3.59. The Bertz CT molecular complexity index is 290. The van der Waals surface area contributed by atoms with Crippen LogP contribution >= 0.6 is 0 Å². The first-order valence-electron chi connectivity index (χ1n) is 3.81. The van der Waals surface area contributed by atoms with Crippen LogP contribution in [0.4, 0.5) is 0 Å². The largest absolute Gasteiger partial charge is 0.481 e. The normalized spacial score (nSPS) is 25.4. The lowest BCUT2D eigenvalue weighted by Crippen LogP contribution is -2.43. The molecule has 0 aliphatic heterocycles. The van der Waals surface area contributed by atoms with Crippen molar-refractivity contribution in [3.63, 3.8) is 0 Å². The van der Waals surface area contributed by atoms with E-state index in [4.69, 9.17) is 9.89 Å². The first-order valence-corrected chi connectivity index (χ1v) is 5.94. The van der Waals surface area contributed by atoms with Crippen LogP contribution < -0.4 is 0 Å². The molecule has 0 aromatic carbocycles. The first kappa shape index (κ1) is 9.51. The van der Waals surface area contributed by atoms with E-state index < -0.39 is 21.1 Å². The van der Waals surface area contributed by atoms with Gasteiger partial charge in [0.1, 0.15) is 0 Å². The molecule has 2 N–H and O–H groups in total. The maximum absolute atomic E-state index is 11.1. The highest BCUT2D eigenvalue weighted by atomic mass is 32.2. The Hall–Kier alpha value is -0.580. The monoisotopic (exact) mass is 191 g/mol. The molecule has 1 atom stereocenters. The molecular formula is C7H13NO3S.